The van der Waals surface area contributed by atoms with Gasteiger partial charge in [0.25, 0.3) is 0 Å². The van der Waals surface area contributed by atoms with Crippen LogP contribution in [0.25, 0.3) is 0 Å². The van der Waals surface area contributed by atoms with Gasteiger partial charge in [0.1, 0.15) is 0 Å². The molecular formula is C22H32. The van der Waals surface area contributed by atoms with E-state index < -0.39 is 0 Å². The number of unbranched alkanes of at least 4 members (excludes halogenated alkanes) is 1. The molecule has 0 saturated carbocycles. The Bertz CT molecular complexity index is 479. The predicted molar refractivity (Wildman–Crippen MR) is 99.6 cm³/mol. The van der Waals surface area contributed by atoms with E-state index in [1.165, 1.54) is 48.8 Å². The Labute approximate surface area is 137 Å². The maximum Gasteiger partial charge on any atom is -0.0219 e. The van der Waals surface area contributed by atoms with E-state index >= 15 is 0 Å². The van der Waals surface area contributed by atoms with Crippen molar-refractivity contribution in [1.29, 1.82) is 0 Å². The van der Waals surface area contributed by atoms with Gasteiger partial charge in [0.15, 0.2) is 0 Å². The van der Waals surface area contributed by atoms with Gasteiger partial charge in [0.05, 0.1) is 0 Å². The van der Waals surface area contributed by atoms with Gasteiger partial charge in [-0.15, -0.1) is 0 Å². The van der Waals surface area contributed by atoms with Crippen molar-refractivity contribution in [3.63, 3.8) is 0 Å². The van der Waals surface area contributed by atoms with Crippen molar-refractivity contribution in [3.8, 4) is 0 Å². The second-order valence-electron chi connectivity index (χ2n) is 6.24. The summed E-state index contributed by atoms with van der Waals surface area (Å²) in [6, 6.07) is 19.6. The van der Waals surface area contributed by atoms with Gasteiger partial charge in [-0.05, 0) is 41.9 Å². The van der Waals surface area contributed by atoms with E-state index in [0.717, 1.165) is 0 Å². The van der Waals surface area contributed by atoms with Crippen LogP contribution in [0.15, 0.2) is 54.6 Å². The summed E-state index contributed by atoms with van der Waals surface area (Å²) in [6.07, 6.45) is 6.27. The first kappa shape index (κ1) is 18.5. The molecule has 0 aromatic heterocycles. The van der Waals surface area contributed by atoms with E-state index in [1.54, 1.807) is 0 Å². The Morgan fingerprint density at radius 1 is 0.682 bits per heavy atom. The molecule has 0 radical (unpaired) electrons. The van der Waals surface area contributed by atoms with Crippen LogP contribution < -0.4 is 0 Å². The molecule has 0 bridgehead atoms. The average molecular weight is 296 g/mol. The first-order valence-corrected chi connectivity index (χ1v) is 8.80. The highest BCUT2D eigenvalue weighted by atomic mass is 14.0. The quantitative estimate of drug-likeness (QED) is 0.550. The van der Waals surface area contributed by atoms with Crippen LogP contribution in [0.5, 0.6) is 0 Å². The largest absolute Gasteiger partial charge is 0.0654 e. The van der Waals surface area contributed by atoms with Crippen LogP contribution in [0, 0.1) is 0 Å². The van der Waals surface area contributed by atoms with E-state index in [1.807, 2.05) is 0 Å². The maximum atomic E-state index is 2.25. The molecular weight excluding hydrogens is 264 g/mol. The van der Waals surface area contributed by atoms with E-state index in [0.29, 0.717) is 5.92 Å². The fourth-order valence-corrected chi connectivity index (χ4v) is 2.38. The molecule has 0 fully saturated rings. The zero-order chi connectivity index (χ0) is 16.2. The smallest absolute Gasteiger partial charge is 0.0219 e. The van der Waals surface area contributed by atoms with E-state index in [9.17, 15) is 0 Å². The molecule has 2 aromatic rings. The van der Waals surface area contributed by atoms with Crippen molar-refractivity contribution < 1.29 is 0 Å². The molecule has 0 aliphatic heterocycles. The van der Waals surface area contributed by atoms with Gasteiger partial charge in [-0.25, -0.2) is 0 Å². The highest BCUT2D eigenvalue weighted by molar-refractivity contribution is 5.24. The lowest BCUT2D eigenvalue weighted by molar-refractivity contribution is 0.795. The second kappa shape index (κ2) is 11.1. The monoisotopic (exact) mass is 296 g/mol. The molecule has 22 heavy (non-hydrogen) atoms. The molecule has 0 N–H and O–H groups in total. The van der Waals surface area contributed by atoms with Crippen molar-refractivity contribution in [3.05, 3.63) is 71.3 Å². The molecule has 0 saturated heterocycles. The van der Waals surface area contributed by atoms with Gasteiger partial charge >= 0.3 is 0 Å². The fourth-order valence-electron chi connectivity index (χ4n) is 2.38. The van der Waals surface area contributed by atoms with Gasteiger partial charge < -0.3 is 0 Å². The molecule has 0 unspecified atom stereocenters. The van der Waals surface area contributed by atoms with E-state index in [2.05, 4.69) is 82.3 Å². The van der Waals surface area contributed by atoms with E-state index in [-0.39, 0.29) is 0 Å². The van der Waals surface area contributed by atoms with Crippen LogP contribution in [0.2, 0.25) is 0 Å². The normalized spacial score (nSPS) is 10.2. The van der Waals surface area contributed by atoms with Crippen LogP contribution >= 0.6 is 0 Å². The third-order valence-electron chi connectivity index (χ3n) is 3.85. The van der Waals surface area contributed by atoms with E-state index in [4.69, 9.17) is 0 Å². The standard InChI is InChI=1S/C12H18.C10H14/c1-4-5-11-6-8-12(9-7-11)10(2)3;1-2-3-7-10-8-5-4-6-9-10/h6-10H,4-5H2,1-3H3;4-6,8-9H,2-3,7H2,1H3. The Hall–Kier alpha value is -1.56. The summed E-state index contributed by atoms with van der Waals surface area (Å²) in [5.41, 5.74) is 4.36. The van der Waals surface area contributed by atoms with Gasteiger partial charge in [0.2, 0.25) is 0 Å². The molecule has 120 valence electrons. The third-order valence-corrected chi connectivity index (χ3v) is 3.85. The lowest BCUT2D eigenvalue weighted by Gasteiger charge is -2.05. The fraction of sp³-hybridized carbons (Fsp3) is 0.455. The van der Waals surface area contributed by atoms with Gasteiger partial charge in [-0.3, -0.25) is 0 Å². The predicted octanol–water partition coefficient (Wildman–Crippen LogP) is 6.79. The average Bonchev–Trinajstić information content (AvgIpc) is 2.55. The topological polar surface area (TPSA) is 0 Å². The summed E-state index contributed by atoms with van der Waals surface area (Å²) in [5, 5.41) is 0. The molecule has 2 aromatic carbocycles. The minimum atomic E-state index is 0.653. The van der Waals surface area contributed by atoms with Crippen LogP contribution in [-0.2, 0) is 12.8 Å². The van der Waals surface area contributed by atoms with Crippen LogP contribution in [-0.4, -0.2) is 0 Å². The number of aryl methyl sites for hydroxylation is 2. The molecule has 2 rings (SSSR count). The summed E-state index contributed by atoms with van der Waals surface area (Å²) in [7, 11) is 0. The molecule has 0 amide bonds. The molecule has 0 aliphatic rings. The summed E-state index contributed by atoms with van der Waals surface area (Å²) >= 11 is 0. The Morgan fingerprint density at radius 2 is 1.27 bits per heavy atom. The maximum absolute atomic E-state index is 2.25. The summed E-state index contributed by atoms with van der Waals surface area (Å²) in [4.78, 5) is 0. The lowest BCUT2D eigenvalue weighted by Crippen LogP contribution is -1.88. The van der Waals surface area contributed by atoms with Gasteiger partial charge in [0, 0.05) is 0 Å². The molecule has 0 heterocycles. The molecule has 0 spiro atoms. The molecule has 0 heteroatoms. The van der Waals surface area contributed by atoms with Gasteiger partial charge in [-0.1, -0.05) is 95.1 Å². The van der Waals surface area contributed by atoms with Crippen LogP contribution in [0.3, 0.4) is 0 Å². The minimum Gasteiger partial charge on any atom is -0.0654 e. The summed E-state index contributed by atoms with van der Waals surface area (Å²) in [6.45, 7) is 8.91. The first-order chi connectivity index (χ1) is 10.7. The Balaban J connectivity index is 0.000000224. The highest BCUT2D eigenvalue weighted by Crippen LogP contribution is 2.15. The van der Waals surface area contributed by atoms with Crippen LogP contribution in [0.4, 0.5) is 0 Å². The summed E-state index contributed by atoms with van der Waals surface area (Å²) in [5.74, 6) is 0.653. The van der Waals surface area contributed by atoms with Gasteiger partial charge in [-0.2, -0.15) is 0 Å². The lowest BCUT2D eigenvalue weighted by atomic mass is 10.0. The van der Waals surface area contributed by atoms with Crippen molar-refractivity contribution in [2.24, 2.45) is 0 Å². The Kier molecular flexibility index (Phi) is 9.30. The number of rotatable bonds is 6. The zero-order valence-electron chi connectivity index (χ0n) is 14.8. The first-order valence-electron chi connectivity index (χ1n) is 8.80. The molecule has 0 aliphatic carbocycles. The highest BCUT2D eigenvalue weighted by Gasteiger charge is 1.97. The summed E-state index contributed by atoms with van der Waals surface area (Å²) < 4.78 is 0. The number of hydrogen-bond acceptors (Lipinski definition) is 0. The van der Waals surface area contributed by atoms with Crippen LogP contribution in [0.1, 0.15) is 69.6 Å². The minimum absolute atomic E-state index is 0.653. The van der Waals surface area contributed by atoms with Crippen molar-refractivity contribution in [1.82, 2.24) is 0 Å². The third kappa shape index (κ3) is 7.45. The molecule has 0 nitrogen and oxygen atoms in total. The van der Waals surface area contributed by atoms with Crippen molar-refractivity contribution in [2.75, 3.05) is 0 Å². The van der Waals surface area contributed by atoms with Crippen molar-refractivity contribution in [2.45, 2.75) is 65.7 Å². The Morgan fingerprint density at radius 3 is 1.77 bits per heavy atom. The number of hydrogen-bond donors (Lipinski definition) is 0. The number of benzene rings is 2. The second-order valence-corrected chi connectivity index (χ2v) is 6.24. The van der Waals surface area contributed by atoms with Crippen molar-refractivity contribution >= 4 is 0 Å². The zero-order valence-corrected chi connectivity index (χ0v) is 14.8. The SMILES string of the molecule is CCCCc1ccccc1.CCCc1ccc(C(C)C)cc1. The molecule has 0 atom stereocenters.